The van der Waals surface area contributed by atoms with Gasteiger partial charge in [0.15, 0.2) is 0 Å². The molecule has 0 aliphatic rings. The second-order valence-electron chi connectivity index (χ2n) is 5.11. The molecule has 0 unspecified atom stereocenters. The van der Waals surface area contributed by atoms with E-state index in [-0.39, 0.29) is 11.2 Å². The van der Waals surface area contributed by atoms with E-state index < -0.39 is 0 Å². The highest BCUT2D eigenvalue weighted by Gasteiger charge is 2.18. The van der Waals surface area contributed by atoms with Crippen LogP contribution in [0.15, 0.2) is 41.3 Å². The lowest BCUT2D eigenvalue weighted by Crippen LogP contribution is -2.22. The topological polar surface area (TPSA) is 56.8 Å². The molecule has 134 valence electrons. The number of thioether (sulfide) groups is 1. The van der Waals surface area contributed by atoms with Crippen LogP contribution in [0.25, 0.3) is 0 Å². The van der Waals surface area contributed by atoms with Crippen LogP contribution in [0.4, 0.5) is 5.69 Å². The van der Waals surface area contributed by atoms with Gasteiger partial charge in [0, 0.05) is 17.0 Å². The zero-order valence-corrected chi connectivity index (χ0v) is 16.0. The van der Waals surface area contributed by atoms with Crippen LogP contribution in [0, 0.1) is 0 Å². The number of ether oxygens (including phenoxy) is 3. The van der Waals surface area contributed by atoms with Crippen LogP contribution in [-0.4, -0.2) is 32.5 Å². The summed E-state index contributed by atoms with van der Waals surface area (Å²) in [6, 6.07) is 10.8. The maximum Gasteiger partial charge on any atom is 0.237 e. The van der Waals surface area contributed by atoms with Crippen LogP contribution in [0.2, 0.25) is 5.02 Å². The third kappa shape index (κ3) is 4.96. The van der Waals surface area contributed by atoms with E-state index in [4.69, 9.17) is 25.8 Å². The van der Waals surface area contributed by atoms with Crippen molar-refractivity contribution in [1.29, 1.82) is 0 Å². The normalized spacial score (nSPS) is 11.6. The molecule has 0 aliphatic carbocycles. The third-order valence-electron chi connectivity index (χ3n) is 3.47. The van der Waals surface area contributed by atoms with Crippen molar-refractivity contribution in [3.63, 3.8) is 0 Å². The average molecular weight is 382 g/mol. The van der Waals surface area contributed by atoms with Crippen LogP contribution in [0.5, 0.6) is 17.2 Å². The predicted molar refractivity (Wildman–Crippen MR) is 101 cm³/mol. The number of rotatable bonds is 7. The fourth-order valence-corrected chi connectivity index (χ4v) is 3.20. The third-order valence-corrected chi connectivity index (χ3v) is 4.88. The molecule has 0 aliphatic heterocycles. The lowest BCUT2D eigenvalue weighted by Gasteiger charge is -2.16. The number of anilines is 1. The monoisotopic (exact) mass is 381 g/mol. The number of carbonyl (C=O) groups is 1. The summed E-state index contributed by atoms with van der Waals surface area (Å²) in [5.74, 6) is 1.57. The van der Waals surface area contributed by atoms with Crippen molar-refractivity contribution in [1.82, 2.24) is 0 Å². The van der Waals surface area contributed by atoms with Crippen molar-refractivity contribution >= 4 is 35.0 Å². The zero-order valence-electron chi connectivity index (χ0n) is 14.5. The molecule has 0 radical (unpaired) electrons. The number of amides is 1. The summed E-state index contributed by atoms with van der Waals surface area (Å²) in [7, 11) is 4.65. The molecule has 2 rings (SSSR count). The number of nitrogens with one attached hydrogen (secondary N) is 1. The minimum absolute atomic E-state index is 0.150. The number of halogens is 1. The fourth-order valence-electron chi connectivity index (χ4n) is 2.10. The molecule has 1 N–H and O–H groups in total. The fraction of sp³-hybridized carbons (Fsp3) is 0.278. The average Bonchev–Trinajstić information content (AvgIpc) is 2.63. The highest BCUT2D eigenvalue weighted by Crippen LogP contribution is 2.36. The van der Waals surface area contributed by atoms with Gasteiger partial charge in [-0.1, -0.05) is 11.6 Å². The number of methoxy groups -OCH3 is 3. The van der Waals surface area contributed by atoms with E-state index in [2.05, 4.69) is 5.32 Å². The molecule has 2 aromatic carbocycles. The smallest absolute Gasteiger partial charge is 0.237 e. The molecule has 1 amide bonds. The van der Waals surface area contributed by atoms with Gasteiger partial charge in [-0.25, -0.2) is 0 Å². The summed E-state index contributed by atoms with van der Waals surface area (Å²) in [5, 5.41) is 2.97. The van der Waals surface area contributed by atoms with E-state index >= 15 is 0 Å². The Morgan fingerprint density at radius 2 is 1.68 bits per heavy atom. The van der Waals surface area contributed by atoms with Gasteiger partial charge in [-0.15, -0.1) is 11.8 Å². The van der Waals surface area contributed by atoms with Crippen molar-refractivity contribution in [3.8, 4) is 17.2 Å². The number of hydrogen-bond donors (Lipinski definition) is 1. The molecule has 0 bridgehead atoms. The molecule has 0 saturated heterocycles. The van der Waals surface area contributed by atoms with E-state index in [0.717, 1.165) is 10.6 Å². The molecule has 25 heavy (non-hydrogen) atoms. The summed E-state index contributed by atoms with van der Waals surface area (Å²) < 4.78 is 15.6. The highest BCUT2D eigenvalue weighted by atomic mass is 35.5. The van der Waals surface area contributed by atoms with Gasteiger partial charge in [-0.05, 0) is 31.2 Å². The molecule has 1 atom stereocenters. The van der Waals surface area contributed by atoms with Gasteiger partial charge >= 0.3 is 0 Å². The van der Waals surface area contributed by atoms with Crippen molar-refractivity contribution in [3.05, 3.63) is 41.4 Å². The van der Waals surface area contributed by atoms with E-state index in [1.807, 2.05) is 31.2 Å². The standard InChI is InChI=1S/C18H20ClNO4S/c1-11(25-13-7-5-12(22-2)6-8-13)18(21)20-15-10-16(23-3)14(19)9-17(15)24-4/h5-11H,1-4H3,(H,20,21)/t11-/m1/s1. The molecular weight excluding hydrogens is 362 g/mol. The summed E-state index contributed by atoms with van der Waals surface area (Å²) in [6.07, 6.45) is 0. The Kier molecular flexibility index (Phi) is 6.84. The first kappa shape index (κ1) is 19.3. The molecular formula is C18H20ClNO4S. The lowest BCUT2D eigenvalue weighted by atomic mass is 10.2. The van der Waals surface area contributed by atoms with Crippen LogP contribution < -0.4 is 19.5 Å². The van der Waals surface area contributed by atoms with Crippen LogP contribution in [-0.2, 0) is 4.79 Å². The SMILES string of the molecule is COc1ccc(S[C@H](C)C(=O)Nc2cc(OC)c(Cl)cc2OC)cc1. The second kappa shape index (κ2) is 8.87. The molecule has 2 aromatic rings. The predicted octanol–water partition coefficient (Wildman–Crippen LogP) is 4.49. The molecule has 0 spiro atoms. The Bertz CT molecular complexity index is 737. The lowest BCUT2D eigenvalue weighted by molar-refractivity contribution is -0.115. The largest absolute Gasteiger partial charge is 0.497 e. The number of hydrogen-bond acceptors (Lipinski definition) is 5. The maximum absolute atomic E-state index is 12.5. The van der Waals surface area contributed by atoms with Gasteiger partial charge in [-0.2, -0.15) is 0 Å². The van der Waals surface area contributed by atoms with E-state index in [1.54, 1.807) is 19.2 Å². The van der Waals surface area contributed by atoms with Crippen molar-refractivity contribution < 1.29 is 19.0 Å². The van der Waals surface area contributed by atoms with Gasteiger partial charge in [0.25, 0.3) is 0 Å². The molecule has 7 heteroatoms. The van der Waals surface area contributed by atoms with E-state index in [1.165, 1.54) is 26.0 Å². The van der Waals surface area contributed by atoms with Crippen molar-refractivity contribution in [2.45, 2.75) is 17.1 Å². The minimum Gasteiger partial charge on any atom is -0.497 e. The minimum atomic E-state index is -0.306. The molecule has 0 heterocycles. The van der Waals surface area contributed by atoms with Gasteiger partial charge in [-0.3, -0.25) is 4.79 Å². The van der Waals surface area contributed by atoms with Gasteiger partial charge < -0.3 is 19.5 Å². The quantitative estimate of drug-likeness (QED) is 0.716. The Labute approximate surface area is 156 Å². The van der Waals surface area contributed by atoms with Crippen molar-refractivity contribution in [2.24, 2.45) is 0 Å². The van der Waals surface area contributed by atoms with E-state index in [9.17, 15) is 4.79 Å². The summed E-state index contributed by atoms with van der Waals surface area (Å²) in [6.45, 7) is 1.84. The highest BCUT2D eigenvalue weighted by molar-refractivity contribution is 8.00. The molecule has 0 aromatic heterocycles. The number of benzene rings is 2. The molecule has 0 saturated carbocycles. The summed E-state index contributed by atoms with van der Waals surface area (Å²) in [4.78, 5) is 13.5. The molecule has 5 nitrogen and oxygen atoms in total. The first-order valence-electron chi connectivity index (χ1n) is 7.51. The maximum atomic E-state index is 12.5. The Balaban J connectivity index is 2.09. The summed E-state index contributed by atoms with van der Waals surface area (Å²) >= 11 is 7.53. The Morgan fingerprint density at radius 3 is 2.24 bits per heavy atom. The van der Waals surface area contributed by atoms with E-state index in [0.29, 0.717) is 22.2 Å². The van der Waals surface area contributed by atoms with Gasteiger partial charge in [0.1, 0.15) is 17.2 Å². The Morgan fingerprint density at radius 1 is 1.04 bits per heavy atom. The van der Waals surface area contributed by atoms with Crippen LogP contribution in [0.1, 0.15) is 6.92 Å². The van der Waals surface area contributed by atoms with Gasteiger partial charge in [0.2, 0.25) is 5.91 Å². The van der Waals surface area contributed by atoms with Gasteiger partial charge in [0.05, 0.1) is 37.3 Å². The Hall–Kier alpha value is -2.05. The summed E-state index contributed by atoms with van der Waals surface area (Å²) in [5.41, 5.74) is 0.510. The second-order valence-corrected chi connectivity index (χ2v) is 6.93. The first-order chi connectivity index (χ1) is 12.0. The van der Waals surface area contributed by atoms with Crippen LogP contribution >= 0.6 is 23.4 Å². The number of carbonyl (C=O) groups excluding carboxylic acids is 1. The zero-order chi connectivity index (χ0) is 18.4. The van der Waals surface area contributed by atoms with Crippen molar-refractivity contribution in [2.75, 3.05) is 26.6 Å². The molecule has 0 fully saturated rings. The van der Waals surface area contributed by atoms with Crippen LogP contribution in [0.3, 0.4) is 0 Å². The first-order valence-corrected chi connectivity index (χ1v) is 8.77.